The van der Waals surface area contributed by atoms with E-state index in [1.807, 2.05) is 0 Å². The average Bonchev–Trinajstić information content (AvgIpc) is 3.57. The summed E-state index contributed by atoms with van der Waals surface area (Å²) in [6.07, 6.45) is -3.32. The van der Waals surface area contributed by atoms with Gasteiger partial charge in [-0.2, -0.15) is 5.10 Å². The Hall–Kier alpha value is -4.46. The molecule has 1 saturated carbocycles. The number of nitrogens with two attached hydrogens (primary N) is 1. The molecular formula is C26H17F5N6O2S. The van der Waals surface area contributed by atoms with E-state index in [4.69, 9.17) is 5.73 Å². The van der Waals surface area contributed by atoms with Gasteiger partial charge in [-0.25, -0.2) is 36.4 Å². The lowest BCUT2D eigenvalue weighted by atomic mass is 10.0. The summed E-state index contributed by atoms with van der Waals surface area (Å²) in [5.41, 5.74) is 5.02. The van der Waals surface area contributed by atoms with Crippen molar-refractivity contribution in [1.29, 1.82) is 0 Å². The van der Waals surface area contributed by atoms with Gasteiger partial charge in [0.25, 0.3) is 24.7 Å². The maximum Gasteiger partial charge on any atom is 0.280 e. The molecule has 0 bridgehead atoms. The Labute approximate surface area is 225 Å². The van der Waals surface area contributed by atoms with Crippen LogP contribution in [-0.2, 0) is 0 Å². The molecule has 5 aromatic rings. The van der Waals surface area contributed by atoms with Crippen molar-refractivity contribution in [2.75, 3.05) is 5.32 Å². The molecule has 1 aromatic carbocycles. The van der Waals surface area contributed by atoms with Gasteiger partial charge < -0.3 is 11.1 Å². The number of primary amides is 1. The highest BCUT2D eigenvalue weighted by Gasteiger charge is 2.32. The largest absolute Gasteiger partial charge is 0.365 e. The summed E-state index contributed by atoms with van der Waals surface area (Å²) in [6.45, 7) is 0. The van der Waals surface area contributed by atoms with Crippen LogP contribution < -0.4 is 11.1 Å². The van der Waals surface area contributed by atoms with E-state index in [2.05, 4.69) is 20.4 Å². The molecule has 0 saturated heterocycles. The highest BCUT2D eigenvalue weighted by atomic mass is 32.1. The fourth-order valence-corrected chi connectivity index (χ4v) is 5.54. The molecule has 4 heterocycles. The summed E-state index contributed by atoms with van der Waals surface area (Å²) in [7, 11) is 0. The molecule has 40 heavy (non-hydrogen) atoms. The Morgan fingerprint density at radius 1 is 1.05 bits per heavy atom. The maximum atomic E-state index is 13.9. The second-order valence-electron chi connectivity index (χ2n) is 9.18. The lowest BCUT2D eigenvalue weighted by molar-refractivity contribution is 0.100. The summed E-state index contributed by atoms with van der Waals surface area (Å²) >= 11 is 0.773. The Morgan fingerprint density at radius 2 is 1.77 bits per heavy atom. The number of thiophene rings is 1. The molecule has 0 unspecified atom stereocenters. The number of hydrogen-bond donors (Lipinski definition) is 2. The van der Waals surface area contributed by atoms with Gasteiger partial charge in [0.05, 0.1) is 17.6 Å². The topological polar surface area (TPSA) is 115 Å². The molecule has 1 fully saturated rings. The Bertz CT molecular complexity index is 1810. The SMILES string of the molecule is NC(=O)c1sc2nc(C(F)F)cc(C3CC3)c2c1NC(=O)c1cnn2c(C(F)F)cc(-c3ccc(F)cc3)nc12. The molecule has 6 rings (SSSR count). The number of fused-ring (bicyclic) bond motifs is 2. The lowest BCUT2D eigenvalue weighted by Crippen LogP contribution is -2.17. The van der Waals surface area contributed by atoms with Crippen LogP contribution in [0.25, 0.3) is 27.1 Å². The molecule has 3 N–H and O–H groups in total. The molecule has 1 aliphatic rings. The van der Waals surface area contributed by atoms with Crippen molar-refractivity contribution in [3.63, 3.8) is 0 Å². The second kappa shape index (κ2) is 9.62. The summed E-state index contributed by atoms with van der Waals surface area (Å²) in [5.74, 6) is -2.34. The van der Waals surface area contributed by atoms with E-state index in [1.165, 1.54) is 18.2 Å². The van der Waals surface area contributed by atoms with Crippen LogP contribution in [0.5, 0.6) is 0 Å². The first kappa shape index (κ1) is 25.8. The molecule has 8 nitrogen and oxygen atoms in total. The first-order valence-electron chi connectivity index (χ1n) is 11.9. The van der Waals surface area contributed by atoms with Crippen molar-refractivity contribution in [2.24, 2.45) is 5.73 Å². The minimum absolute atomic E-state index is 0.00385. The van der Waals surface area contributed by atoms with Crippen LogP contribution in [0.1, 0.15) is 68.6 Å². The number of carbonyl (C=O) groups is 2. The van der Waals surface area contributed by atoms with Gasteiger partial charge in [0, 0.05) is 10.9 Å². The zero-order chi connectivity index (χ0) is 28.3. The number of pyridine rings is 1. The Kier molecular flexibility index (Phi) is 6.21. The van der Waals surface area contributed by atoms with E-state index in [-0.39, 0.29) is 38.2 Å². The number of nitrogens with one attached hydrogen (secondary N) is 1. The van der Waals surface area contributed by atoms with Gasteiger partial charge in [-0.15, -0.1) is 11.3 Å². The summed E-state index contributed by atoms with van der Waals surface area (Å²) in [4.78, 5) is 34.1. The van der Waals surface area contributed by atoms with Gasteiger partial charge in [0.2, 0.25) is 0 Å². The van der Waals surface area contributed by atoms with Crippen LogP contribution >= 0.6 is 11.3 Å². The van der Waals surface area contributed by atoms with E-state index < -0.39 is 41.9 Å². The van der Waals surface area contributed by atoms with Gasteiger partial charge in [0.1, 0.15) is 32.5 Å². The molecule has 0 aliphatic heterocycles. The van der Waals surface area contributed by atoms with E-state index in [9.17, 15) is 31.5 Å². The fraction of sp³-hybridized carbons (Fsp3) is 0.192. The van der Waals surface area contributed by atoms with Crippen LogP contribution in [-0.4, -0.2) is 31.4 Å². The third-order valence-corrected chi connectivity index (χ3v) is 7.62. The molecule has 1 aliphatic carbocycles. The quantitative estimate of drug-likeness (QED) is 0.224. The van der Waals surface area contributed by atoms with Crippen molar-refractivity contribution in [3.8, 4) is 11.3 Å². The third kappa shape index (κ3) is 4.43. The number of halogens is 5. The number of rotatable bonds is 7. The van der Waals surface area contributed by atoms with Crippen molar-refractivity contribution >= 4 is 44.7 Å². The van der Waals surface area contributed by atoms with Crippen molar-refractivity contribution in [2.45, 2.75) is 31.6 Å². The van der Waals surface area contributed by atoms with Crippen LogP contribution in [0.3, 0.4) is 0 Å². The zero-order valence-corrected chi connectivity index (χ0v) is 21.0. The number of alkyl halides is 4. The number of aromatic nitrogens is 4. The smallest absolute Gasteiger partial charge is 0.280 e. The highest BCUT2D eigenvalue weighted by Crippen LogP contribution is 2.48. The van der Waals surface area contributed by atoms with E-state index >= 15 is 0 Å². The van der Waals surface area contributed by atoms with Gasteiger partial charge in [-0.1, -0.05) is 0 Å². The number of nitrogens with zero attached hydrogens (tertiary/aromatic N) is 4. The Morgan fingerprint density at radius 3 is 2.40 bits per heavy atom. The molecule has 0 radical (unpaired) electrons. The molecule has 14 heteroatoms. The van der Waals surface area contributed by atoms with Gasteiger partial charge in [0.15, 0.2) is 5.65 Å². The molecule has 4 aromatic heterocycles. The van der Waals surface area contributed by atoms with Crippen molar-refractivity contribution < 1.29 is 31.5 Å². The minimum atomic E-state index is -2.99. The van der Waals surface area contributed by atoms with Gasteiger partial charge in [-0.3, -0.25) is 9.59 Å². The standard InChI is InChI=1S/C26H17F5N6O2S/c27-12-5-3-11(4-6-12)15-8-17(22(30)31)37-24(34-15)14(9-33-37)25(39)36-19-18-13(10-1-2-10)7-16(21(28)29)35-26(18)40-20(19)23(32)38/h3-10,21-22H,1-2H2,(H2,32,38)(H,36,39). The maximum absolute atomic E-state index is 13.9. The number of benzene rings is 1. The van der Waals surface area contributed by atoms with E-state index in [0.29, 0.717) is 16.5 Å². The Balaban J connectivity index is 1.48. The van der Waals surface area contributed by atoms with Crippen molar-refractivity contribution in [3.05, 3.63) is 75.8 Å². The van der Waals surface area contributed by atoms with E-state index in [1.54, 1.807) is 0 Å². The van der Waals surface area contributed by atoms with Gasteiger partial charge >= 0.3 is 0 Å². The number of carbonyl (C=O) groups excluding carboxylic acids is 2. The second-order valence-corrected chi connectivity index (χ2v) is 10.2. The molecule has 204 valence electrons. The predicted octanol–water partition coefficient (Wildman–Crippen LogP) is 6.25. The minimum Gasteiger partial charge on any atom is -0.365 e. The first-order chi connectivity index (χ1) is 19.1. The summed E-state index contributed by atoms with van der Waals surface area (Å²) < 4.78 is 69.2. The number of hydrogen-bond acceptors (Lipinski definition) is 6. The molecule has 0 atom stereocenters. The van der Waals surface area contributed by atoms with E-state index in [0.717, 1.165) is 53.1 Å². The molecule has 2 amide bonds. The number of amides is 2. The zero-order valence-electron chi connectivity index (χ0n) is 20.2. The van der Waals surface area contributed by atoms with Crippen LogP contribution in [0, 0.1) is 5.82 Å². The molecular weight excluding hydrogens is 555 g/mol. The highest BCUT2D eigenvalue weighted by molar-refractivity contribution is 7.21. The fourth-order valence-electron chi connectivity index (χ4n) is 4.52. The number of anilines is 1. The lowest BCUT2D eigenvalue weighted by Gasteiger charge is -2.11. The first-order valence-corrected chi connectivity index (χ1v) is 12.7. The monoisotopic (exact) mass is 572 g/mol. The predicted molar refractivity (Wildman–Crippen MR) is 136 cm³/mol. The summed E-state index contributed by atoms with van der Waals surface area (Å²) in [5, 5.41) is 6.85. The molecule has 0 spiro atoms. The van der Waals surface area contributed by atoms with Crippen LogP contribution in [0.15, 0.2) is 42.6 Å². The average molecular weight is 573 g/mol. The van der Waals surface area contributed by atoms with Crippen molar-refractivity contribution in [1.82, 2.24) is 19.6 Å². The third-order valence-electron chi connectivity index (χ3n) is 6.52. The normalized spacial score (nSPS) is 13.6. The van der Waals surface area contributed by atoms with Gasteiger partial charge in [-0.05, 0) is 60.7 Å². The van der Waals surface area contributed by atoms with Crippen LogP contribution in [0.4, 0.5) is 27.6 Å². The van der Waals surface area contributed by atoms with Crippen LogP contribution in [0.2, 0.25) is 0 Å². The summed E-state index contributed by atoms with van der Waals surface area (Å²) in [6, 6.07) is 7.35.